The van der Waals surface area contributed by atoms with Gasteiger partial charge >= 0.3 is 0 Å². The predicted molar refractivity (Wildman–Crippen MR) is 76.1 cm³/mol. The summed E-state index contributed by atoms with van der Waals surface area (Å²) in [5.41, 5.74) is 0.912. The Morgan fingerprint density at radius 1 is 1.45 bits per heavy atom. The molecule has 20 heavy (non-hydrogen) atoms. The summed E-state index contributed by atoms with van der Waals surface area (Å²) >= 11 is 0. The molecule has 2 rings (SSSR count). The lowest BCUT2D eigenvalue weighted by molar-refractivity contribution is -0.384. The second-order valence-electron chi connectivity index (χ2n) is 5.18. The van der Waals surface area contributed by atoms with Crippen LogP contribution in [0.5, 0.6) is 0 Å². The average molecular weight is 273 g/mol. The zero-order valence-corrected chi connectivity index (χ0v) is 11.7. The van der Waals surface area contributed by atoms with Crippen molar-refractivity contribution in [2.24, 2.45) is 0 Å². The highest BCUT2D eigenvalue weighted by molar-refractivity contribution is 5.36. The van der Waals surface area contributed by atoms with E-state index in [1.165, 1.54) is 18.6 Å². The van der Waals surface area contributed by atoms with E-state index in [2.05, 4.69) is 17.9 Å². The Balaban J connectivity index is 2.23. The maximum atomic E-state index is 10.7. The Labute approximate surface area is 119 Å². The maximum absolute atomic E-state index is 10.7. The molecule has 0 amide bonds. The molecule has 1 aliphatic rings. The van der Waals surface area contributed by atoms with Gasteiger partial charge in [0.25, 0.3) is 5.69 Å². The van der Waals surface area contributed by atoms with Crippen LogP contribution in [0.2, 0.25) is 0 Å². The molecule has 106 valence electrons. The van der Waals surface area contributed by atoms with Crippen molar-refractivity contribution in [1.82, 2.24) is 4.90 Å². The summed E-state index contributed by atoms with van der Waals surface area (Å²) in [6.07, 6.45) is 4.49. The molecule has 2 unspecified atom stereocenters. The third-order valence-electron chi connectivity index (χ3n) is 4.02. The Bertz CT molecular complexity index is 507. The van der Waals surface area contributed by atoms with Gasteiger partial charge in [0.1, 0.15) is 6.04 Å². The lowest BCUT2D eigenvalue weighted by Gasteiger charge is -2.38. The van der Waals surface area contributed by atoms with Gasteiger partial charge in [-0.15, -0.1) is 0 Å². The number of non-ortho nitro benzene ring substituents is 1. The first-order valence-electron chi connectivity index (χ1n) is 7.07. The molecular formula is C15H19N3O2. The molecular weight excluding hydrogens is 254 g/mol. The number of hydrogen-bond acceptors (Lipinski definition) is 4. The Kier molecular flexibility index (Phi) is 4.70. The monoisotopic (exact) mass is 273 g/mol. The largest absolute Gasteiger partial charge is 0.281 e. The molecule has 0 spiro atoms. The fraction of sp³-hybridized carbons (Fsp3) is 0.533. The van der Waals surface area contributed by atoms with E-state index in [-0.39, 0.29) is 11.7 Å². The van der Waals surface area contributed by atoms with Crippen molar-refractivity contribution in [3.8, 4) is 6.07 Å². The van der Waals surface area contributed by atoms with Gasteiger partial charge in [0.05, 0.1) is 11.0 Å². The fourth-order valence-electron chi connectivity index (χ4n) is 2.92. The number of piperidine rings is 1. The minimum Gasteiger partial charge on any atom is -0.281 e. The molecule has 1 aromatic rings. The lowest BCUT2D eigenvalue weighted by atomic mass is 9.95. The van der Waals surface area contributed by atoms with E-state index >= 15 is 0 Å². The zero-order valence-electron chi connectivity index (χ0n) is 11.7. The first-order chi connectivity index (χ1) is 9.67. The summed E-state index contributed by atoms with van der Waals surface area (Å²) in [6, 6.07) is 8.84. The molecule has 5 heteroatoms. The van der Waals surface area contributed by atoms with Crippen LogP contribution >= 0.6 is 0 Å². The Morgan fingerprint density at radius 2 is 2.15 bits per heavy atom. The second kappa shape index (κ2) is 6.49. The van der Waals surface area contributed by atoms with Gasteiger partial charge in [-0.2, -0.15) is 5.26 Å². The standard InChI is InChI=1S/C15H19N3O2/c1-2-13-5-3-4-10-17(13)15(11-16)12-6-8-14(9-7-12)18(19)20/h6-9,13,15H,2-5,10H2,1H3. The first kappa shape index (κ1) is 14.5. The summed E-state index contributed by atoms with van der Waals surface area (Å²) in [4.78, 5) is 12.5. The third-order valence-corrected chi connectivity index (χ3v) is 4.02. The van der Waals surface area contributed by atoms with E-state index in [1.54, 1.807) is 12.1 Å². The van der Waals surface area contributed by atoms with Crippen LogP contribution in [0.15, 0.2) is 24.3 Å². The summed E-state index contributed by atoms with van der Waals surface area (Å²) in [5.74, 6) is 0. The van der Waals surface area contributed by atoms with Crippen molar-refractivity contribution in [2.45, 2.75) is 44.7 Å². The highest BCUT2D eigenvalue weighted by Crippen LogP contribution is 2.30. The minimum absolute atomic E-state index is 0.0659. The van der Waals surface area contributed by atoms with Gasteiger partial charge in [0, 0.05) is 24.7 Å². The van der Waals surface area contributed by atoms with Gasteiger partial charge in [-0.3, -0.25) is 15.0 Å². The van der Waals surface area contributed by atoms with Crippen LogP contribution in [0.1, 0.15) is 44.2 Å². The van der Waals surface area contributed by atoms with E-state index in [4.69, 9.17) is 0 Å². The number of hydrogen-bond donors (Lipinski definition) is 0. The van der Waals surface area contributed by atoms with Crippen LogP contribution in [0, 0.1) is 21.4 Å². The van der Waals surface area contributed by atoms with Gasteiger partial charge in [0.2, 0.25) is 0 Å². The topological polar surface area (TPSA) is 70.2 Å². The summed E-state index contributed by atoms with van der Waals surface area (Å²) < 4.78 is 0. The molecule has 2 atom stereocenters. The normalized spacial score (nSPS) is 21.1. The van der Waals surface area contributed by atoms with E-state index < -0.39 is 4.92 Å². The first-order valence-corrected chi connectivity index (χ1v) is 7.07. The quantitative estimate of drug-likeness (QED) is 0.622. The highest BCUT2D eigenvalue weighted by Gasteiger charge is 2.28. The molecule has 5 nitrogen and oxygen atoms in total. The third kappa shape index (κ3) is 2.97. The molecule has 0 N–H and O–H groups in total. The number of benzene rings is 1. The maximum Gasteiger partial charge on any atom is 0.269 e. The van der Waals surface area contributed by atoms with Crippen molar-refractivity contribution in [3.63, 3.8) is 0 Å². The van der Waals surface area contributed by atoms with Crippen LogP contribution < -0.4 is 0 Å². The van der Waals surface area contributed by atoms with Crippen molar-refractivity contribution in [2.75, 3.05) is 6.54 Å². The number of likely N-dealkylation sites (tertiary alicyclic amines) is 1. The van der Waals surface area contributed by atoms with Gasteiger partial charge < -0.3 is 0 Å². The number of nitro benzene ring substituents is 1. The summed E-state index contributed by atoms with van der Waals surface area (Å²) in [7, 11) is 0. The number of rotatable bonds is 4. The van der Waals surface area contributed by atoms with Crippen molar-refractivity contribution < 1.29 is 4.92 Å². The van der Waals surface area contributed by atoms with Crippen LogP contribution in [0.3, 0.4) is 0 Å². The molecule has 1 fully saturated rings. The molecule has 1 aromatic carbocycles. The molecule has 0 saturated carbocycles. The number of nitro groups is 1. The van der Waals surface area contributed by atoms with Gasteiger partial charge in [-0.25, -0.2) is 0 Å². The van der Waals surface area contributed by atoms with Crippen LogP contribution in [0.4, 0.5) is 5.69 Å². The van der Waals surface area contributed by atoms with Gasteiger partial charge in [-0.1, -0.05) is 13.3 Å². The highest BCUT2D eigenvalue weighted by atomic mass is 16.6. The van der Waals surface area contributed by atoms with Gasteiger partial charge in [-0.05, 0) is 37.0 Å². The number of nitriles is 1. The summed E-state index contributed by atoms with van der Waals surface area (Å²) in [6.45, 7) is 3.07. The number of nitrogens with zero attached hydrogens (tertiary/aromatic N) is 3. The van der Waals surface area contributed by atoms with E-state index in [9.17, 15) is 15.4 Å². The molecule has 1 saturated heterocycles. The average Bonchev–Trinajstić information content (AvgIpc) is 2.49. The lowest BCUT2D eigenvalue weighted by Crippen LogP contribution is -2.41. The Morgan fingerprint density at radius 3 is 2.70 bits per heavy atom. The molecule has 1 heterocycles. The molecule has 0 aromatic heterocycles. The van der Waals surface area contributed by atoms with Crippen LogP contribution in [-0.4, -0.2) is 22.4 Å². The smallest absolute Gasteiger partial charge is 0.269 e. The minimum atomic E-state index is -0.416. The van der Waals surface area contributed by atoms with Crippen molar-refractivity contribution in [3.05, 3.63) is 39.9 Å². The van der Waals surface area contributed by atoms with Gasteiger partial charge in [0.15, 0.2) is 0 Å². The van der Waals surface area contributed by atoms with E-state index in [1.807, 2.05) is 0 Å². The van der Waals surface area contributed by atoms with E-state index in [0.29, 0.717) is 6.04 Å². The van der Waals surface area contributed by atoms with Crippen LogP contribution in [-0.2, 0) is 0 Å². The molecule has 1 aliphatic heterocycles. The predicted octanol–water partition coefficient (Wildman–Crippen LogP) is 3.42. The second-order valence-corrected chi connectivity index (χ2v) is 5.18. The van der Waals surface area contributed by atoms with E-state index in [0.717, 1.165) is 31.4 Å². The fourth-order valence-corrected chi connectivity index (χ4v) is 2.92. The van der Waals surface area contributed by atoms with Crippen LogP contribution in [0.25, 0.3) is 0 Å². The zero-order chi connectivity index (χ0) is 14.5. The molecule has 0 aliphatic carbocycles. The molecule has 0 bridgehead atoms. The van der Waals surface area contributed by atoms with Crippen molar-refractivity contribution in [1.29, 1.82) is 5.26 Å². The summed E-state index contributed by atoms with van der Waals surface area (Å²) in [5, 5.41) is 20.2. The Hall–Kier alpha value is -1.93. The molecule has 0 radical (unpaired) electrons. The SMILES string of the molecule is CCC1CCCCN1C(C#N)c1ccc([N+](=O)[O-])cc1. The van der Waals surface area contributed by atoms with Crippen molar-refractivity contribution >= 4 is 5.69 Å².